The lowest BCUT2D eigenvalue weighted by atomic mass is 11.0. The summed E-state index contributed by atoms with van der Waals surface area (Å²) in [6, 6.07) is 0. The molecular formula is C4H6O2. The molecule has 0 bridgehead atoms. The second-order valence-electron chi connectivity index (χ2n) is 0.465. The molecule has 6 heavy (non-hydrogen) atoms. The third-order valence-electron chi connectivity index (χ3n) is 0.222. The molecule has 1 aromatic heterocycles. The maximum Gasteiger partial charge on any atom is 0.182 e. The van der Waals surface area contributed by atoms with Gasteiger partial charge in [0.25, 0.3) is 0 Å². The van der Waals surface area contributed by atoms with Crippen LogP contribution in [0.15, 0.2) is 34.8 Å². The fourth-order valence-electron chi connectivity index (χ4n) is 0.0556. The Bertz CT molecular complexity index is 57.1. The molecule has 1 heterocycles. The van der Waals surface area contributed by atoms with Crippen LogP contribution < -0.4 is 0 Å². The molecule has 0 amide bonds. The van der Waals surface area contributed by atoms with Crippen molar-refractivity contribution in [3.05, 3.63) is 25.7 Å². The Kier molecular flexibility index (Phi) is 3.45. The second-order valence-corrected chi connectivity index (χ2v) is 0.465. The van der Waals surface area contributed by atoms with Crippen LogP contribution in [-0.2, 0) is 0 Å². The van der Waals surface area contributed by atoms with Crippen molar-refractivity contribution in [3.63, 3.8) is 0 Å². The molecule has 2 nitrogen and oxygen atoms in total. The minimum absolute atomic E-state index is 1.46. The lowest BCUT2D eigenvalue weighted by Gasteiger charge is -1.72. The van der Waals surface area contributed by atoms with E-state index < -0.39 is 0 Å². The minimum Gasteiger partial charge on any atom is -0.295 e. The van der Waals surface area contributed by atoms with Gasteiger partial charge in [-0.3, -0.25) is 9.15 Å². The van der Waals surface area contributed by atoms with E-state index in [0.717, 1.165) is 0 Å². The van der Waals surface area contributed by atoms with Gasteiger partial charge in [-0.1, -0.05) is 0 Å². The quantitative estimate of drug-likeness (QED) is 0.354. The summed E-state index contributed by atoms with van der Waals surface area (Å²) in [4.78, 5) is 0. The molecule has 0 fully saturated rings. The smallest absolute Gasteiger partial charge is 0.182 e. The van der Waals surface area contributed by atoms with E-state index in [4.69, 9.17) is 0 Å². The van der Waals surface area contributed by atoms with Crippen molar-refractivity contribution in [1.29, 1.82) is 0 Å². The van der Waals surface area contributed by atoms with Gasteiger partial charge in [0.05, 0.1) is 0 Å². The number of hydrogen-bond acceptors (Lipinski definition) is 2. The Balaban J connectivity index is 0.000000112. The van der Waals surface area contributed by atoms with Gasteiger partial charge in [0.2, 0.25) is 0 Å². The molecule has 0 N–H and O–H groups in total. The zero-order chi connectivity index (χ0) is 4.83. The van der Waals surface area contributed by atoms with Gasteiger partial charge in [-0.05, 0) is 0 Å². The molecule has 0 aliphatic heterocycles. The Hall–Kier alpha value is -0.920. The van der Waals surface area contributed by atoms with E-state index in [0.29, 0.717) is 0 Å². The molecule has 0 aliphatic carbocycles. The Labute approximate surface area is 36.0 Å². The molecule has 34 valence electrons. The van der Waals surface area contributed by atoms with Crippen LogP contribution in [0.1, 0.15) is 0 Å². The van der Waals surface area contributed by atoms with Crippen LogP contribution in [0.25, 0.3) is 0 Å². The summed E-state index contributed by atoms with van der Waals surface area (Å²) in [5.41, 5.74) is 0. The summed E-state index contributed by atoms with van der Waals surface area (Å²) in [5.74, 6) is 0. The third kappa shape index (κ3) is 1.40. The van der Waals surface area contributed by atoms with Gasteiger partial charge in [-0.15, -0.1) is 13.2 Å². The van der Waals surface area contributed by atoms with E-state index in [9.17, 15) is 0 Å². The zero-order valence-corrected chi connectivity index (χ0v) is 3.39. The van der Waals surface area contributed by atoms with Crippen LogP contribution in [-0.4, -0.2) is 0 Å². The lowest BCUT2D eigenvalue weighted by Crippen LogP contribution is -1.48. The summed E-state index contributed by atoms with van der Waals surface area (Å²) in [5, 5.41) is 0. The van der Waals surface area contributed by atoms with Crippen LogP contribution in [0.2, 0.25) is 0 Å². The molecule has 1 aromatic rings. The Morgan fingerprint density at radius 1 is 1.00 bits per heavy atom. The van der Waals surface area contributed by atoms with Gasteiger partial charge in [0.1, 0.15) is 0 Å². The first-order valence-corrected chi connectivity index (χ1v) is 1.47. The van der Waals surface area contributed by atoms with Crippen LogP contribution in [0, 0.1) is 0 Å². The Morgan fingerprint density at radius 3 is 1.17 bits per heavy atom. The predicted molar refractivity (Wildman–Crippen MR) is 22.2 cm³/mol. The largest absolute Gasteiger partial charge is 0.295 e. The normalized spacial score (nSPS) is 6.00. The molecule has 0 aliphatic rings. The fourth-order valence-corrected chi connectivity index (χ4v) is 0.0556. The van der Waals surface area contributed by atoms with Crippen molar-refractivity contribution in [2.45, 2.75) is 0 Å². The van der Waals surface area contributed by atoms with Gasteiger partial charge < -0.3 is 0 Å². The molecule has 0 unspecified atom stereocenters. The van der Waals surface area contributed by atoms with Gasteiger partial charge >= 0.3 is 0 Å². The monoisotopic (exact) mass is 86.0 g/mol. The Morgan fingerprint density at radius 2 is 1.17 bits per heavy atom. The summed E-state index contributed by atoms with van der Waals surface area (Å²) in [7, 11) is 0. The van der Waals surface area contributed by atoms with Gasteiger partial charge in [-0.2, -0.15) is 0 Å². The van der Waals surface area contributed by atoms with Crippen molar-refractivity contribution >= 4 is 0 Å². The van der Waals surface area contributed by atoms with Crippen LogP contribution >= 0.6 is 0 Å². The molecule has 2 heteroatoms. The van der Waals surface area contributed by atoms with Gasteiger partial charge in [-0.25, -0.2) is 0 Å². The molecule has 0 aromatic carbocycles. The fraction of sp³-hybridized carbons (Fsp3) is 0. The highest BCUT2D eigenvalue weighted by Crippen LogP contribution is 1.79. The van der Waals surface area contributed by atoms with E-state index >= 15 is 0 Å². The van der Waals surface area contributed by atoms with Crippen molar-refractivity contribution < 1.29 is 9.15 Å². The highest BCUT2D eigenvalue weighted by Gasteiger charge is 1.61. The maximum absolute atomic E-state index is 4.04. The molecule has 0 radical (unpaired) electrons. The number of rotatable bonds is 0. The van der Waals surface area contributed by atoms with Gasteiger partial charge in [0, 0.05) is 0 Å². The van der Waals surface area contributed by atoms with Crippen molar-refractivity contribution in [1.82, 2.24) is 0 Å². The SMILES string of the molecule is C=C.c1coo1. The first-order chi connectivity index (χ1) is 3.00. The zero-order valence-electron chi connectivity index (χ0n) is 3.39. The van der Waals surface area contributed by atoms with Gasteiger partial charge in [0.15, 0.2) is 12.5 Å². The van der Waals surface area contributed by atoms with E-state index in [-0.39, 0.29) is 0 Å². The standard InChI is InChI=1S/C2H2O2.C2H4/c1-2-4-3-1;1-2/h1-2H;1-2H2. The van der Waals surface area contributed by atoms with Crippen molar-refractivity contribution in [2.24, 2.45) is 0 Å². The summed E-state index contributed by atoms with van der Waals surface area (Å²) < 4.78 is 8.08. The lowest BCUT2D eigenvalue weighted by molar-refractivity contribution is 0.000913. The topological polar surface area (TPSA) is 26.3 Å². The highest BCUT2D eigenvalue weighted by molar-refractivity contribution is 4.43. The second kappa shape index (κ2) is 4.08. The molecule has 0 saturated carbocycles. The van der Waals surface area contributed by atoms with E-state index in [1.807, 2.05) is 0 Å². The van der Waals surface area contributed by atoms with Crippen LogP contribution in [0.3, 0.4) is 0 Å². The molecular weight excluding hydrogens is 80.0 g/mol. The van der Waals surface area contributed by atoms with Crippen LogP contribution in [0.5, 0.6) is 0 Å². The first-order valence-electron chi connectivity index (χ1n) is 1.47. The summed E-state index contributed by atoms with van der Waals surface area (Å²) >= 11 is 0. The maximum atomic E-state index is 4.04. The minimum atomic E-state index is 1.46. The summed E-state index contributed by atoms with van der Waals surface area (Å²) in [6.45, 7) is 6.00. The highest BCUT2D eigenvalue weighted by atomic mass is 17.0. The van der Waals surface area contributed by atoms with E-state index in [2.05, 4.69) is 22.3 Å². The molecule has 0 saturated heterocycles. The first kappa shape index (κ1) is 5.08. The van der Waals surface area contributed by atoms with E-state index in [1.54, 1.807) is 0 Å². The molecule has 0 spiro atoms. The average molecular weight is 86.1 g/mol. The average Bonchev–Trinajstić information content (AvgIpc) is 1.36. The molecule has 0 atom stereocenters. The van der Waals surface area contributed by atoms with Crippen LogP contribution in [0.4, 0.5) is 0 Å². The third-order valence-corrected chi connectivity index (χ3v) is 0.222. The number of hydrogen-bond donors (Lipinski definition) is 0. The molecule has 1 rings (SSSR count). The summed E-state index contributed by atoms with van der Waals surface area (Å²) in [6.07, 6.45) is 2.92. The van der Waals surface area contributed by atoms with Crippen molar-refractivity contribution in [3.8, 4) is 0 Å². The predicted octanol–water partition coefficient (Wildman–Crippen LogP) is 1.67. The van der Waals surface area contributed by atoms with Crippen molar-refractivity contribution in [2.75, 3.05) is 0 Å². The van der Waals surface area contributed by atoms with E-state index in [1.165, 1.54) is 12.5 Å².